The number of hydrogen-bond donors (Lipinski definition) is 1. The Hall–Kier alpha value is -1.39. The van der Waals surface area contributed by atoms with Crippen LogP contribution in [0.25, 0.3) is 0 Å². The van der Waals surface area contributed by atoms with Gasteiger partial charge in [-0.25, -0.2) is 4.98 Å². The minimum atomic E-state index is 0.365. The number of hydrogen-bond acceptors (Lipinski definition) is 4. The quantitative estimate of drug-likeness (QED) is 0.843. The van der Waals surface area contributed by atoms with E-state index in [4.69, 9.17) is 5.73 Å². The first kappa shape index (κ1) is 11.7. The standard InChI is InChI=1S/C14H17N3S/c1-10(14-8-18-9-16-14)17-6-5-11-3-2-4-13(15)12(11)7-17/h2-4,8-10H,5-7,15H2,1H3. The molecule has 2 heterocycles. The van der Waals surface area contributed by atoms with Gasteiger partial charge in [-0.15, -0.1) is 11.3 Å². The molecule has 0 radical (unpaired) electrons. The number of benzene rings is 1. The van der Waals surface area contributed by atoms with Crippen LogP contribution in [0.4, 0.5) is 5.69 Å². The largest absolute Gasteiger partial charge is 0.398 e. The van der Waals surface area contributed by atoms with Crippen LogP contribution in [0.2, 0.25) is 0 Å². The van der Waals surface area contributed by atoms with Gasteiger partial charge in [0.25, 0.3) is 0 Å². The second-order valence-electron chi connectivity index (χ2n) is 4.79. The zero-order valence-corrected chi connectivity index (χ0v) is 11.3. The molecule has 0 amide bonds. The van der Waals surface area contributed by atoms with Crippen molar-refractivity contribution in [2.45, 2.75) is 25.9 Å². The summed E-state index contributed by atoms with van der Waals surface area (Å²) >= 11 is 1.66. The van der Waals surface area contributed by atoms with Gasteiger partial charge in [-0.3, -0.25) is 4.90 Å². The first-order valence-electron chi connectivity index (χ1n) is 6.24. The molecule has 3 nitrogen and oxygen atoms in total. The molecule has 0 spiro atoms. The Morgan fingerprint density at radius 2 is 2.33 bits per heavy atom. The fraction of sp³-hybridized carbons (Fsp3) is 0.357. The Kier molecular flexibility index (Phi) is 3.06. The van der Waals surface area contributed by atoms with Gasteiger partial charge < -0.3 is 5.73 Å². The summed E-state index contributed by atoms with van der Waals surface area (Å²) in [6.45, 7) is 4.23. The number of anilines is 1. The maximum absolute atomic E-state index is 6.08. The van der Waals surface area contributed by atoms with Crippen LogP contribution in [0.1, 0.15) is 29.8 Å². The first-order chi connectivity index (χ1) is 8.75. The molecule has 18 heavy (non-hydrogen) atoms. The van der Waals surface area contributed by atoms with Crippen molar-refractivity contribution >= 4 is 17.0 Å². The monoisotopic (exact) mass is 259 g/mol. The van der Waals surface area contributed by atoms with Crippen LogP contribution in [-0.4, -0.2) is 16.4 Å². The van der Waals surface area contributed by atoms with Gasteiger partial charge in [0, 0.05) is 24.2 Å². The van der Waals surface area contributed by atoms with E-state index in [2.05, 4.69) is 28.3 Å². The van der Waals surface area contributed by atoms with E-state index in [9.17, 15) is 0 Å². The molecule has 94 valence electrons. The van der Waals surface area contributed by atoms with E-state index in [1.807, 2.05) is 17.6 Å². The summed E-state index contributed by atoms with van der Waals surface area (Å²) in [5.41, 5.74) is 12.8. The van der Waals surface area contributed by atoms with Crippen molar-refractivity contribution in [2.75, 3.05) is 12.3 Å². The second kappa shape index (κ2) is 4.71. The van der Waals surface area contributed by atoms with Crippen molar-refractivity contribution in [3.05, 3.63) is 45.9 Å². The van der Waals surface area contributed by atoms with Crippen molar-refractivity contribution in [3.63, 3.8) is 0 Å². The van der Waals surface area contributed by atoms with Crippen molar-refractivity contribution < 1.29 is 0 Å². The van der Waals surface area contributed by atoms with Crippen LogP contribution in [-0.2, 0) is 13.0 Å². The van der Waals surface area contributed by atoms with E-state index in [1.165, 1.54) is 11.1 Å². The molecular weight excluding hydrogens is 242 g/mol. The average molecular weight is 259 g/mol. The van der Waals surface area contributed by atoms with Crippen LogP contribution < -0.4 is 5.73 Å². The molecule has 1 aromatic heterocycles. The minimum Gasteiger partial charge on any atom is -0.398 e. The lowest BCUT2D eigenvalue weighted by Crippen LogP contribution is -2.33. The molecule has 1 atom stereocenters. The zero-order valence-electron chi connectivity index (χ0n) is 10.5. The minimum absolute atomic E-state index is 0.365. The second-order valence-corrected chi connectivity index (χ2v) is 5.51. The predicted molar refractivity (Wildman–Crippen MR) is 75.5 cm³/mol. The lowest BCUT2D eigenvalue weighted by molar-refractivity contribution is 0.190. The molecule has 1 aliphatic rings. The van der Waals surface area contributed by atoms with E-state index in [1.54, 1.807) is 11.3 Å². The Morgan fingerprint density at radius 1 is 1.44 bits per heavy atom. The molecule has 1 unspecified atom stereocenters. The predicted octanol–water partition coefficient (Wildman–Crippen LogP) is 2.84. The molecular formula is C14H17N3S. The molecule has 2 aromatic rings. The number of nitrogen functional groups attached to an aromatic ring is 1. The Bertz CT molecular complexity index is 536. The third kappa shape index (κ3) is 2.02. The summed E-state index contributed by atoms with van der Waals surface area (Å²) in [6, 6.07) is 6.60. The van der Waals surface area contributed by atoms with Gasteiger partial charge >= 0.3 is 0 Å². The highest BCUT2D eigenvalue weighted by atomic mass is 32.1. The normalized spacial score (nSPS) is 17.4. The first-order valence-corrected chi connectivity index (χ1v) is 7.18. The maximum Gasteiger partial charge on any atom is 0.0795 e. The number of rotatable bonds is 2. The highest BCUT2D eigenvalue weighted by molar-refractivity contribution is 7.07. The number of nitrogens with zero attached hydrogens (tertiary/aromatic N) is 2. The van der Waals surface area contributed by atoms with Gasteiger partial charge in [0.1, 0.15) is 0 Å². The molecule has 3 rings (SSSR count). The molecule has 1 aliphatic heterocycles. The molecule has 4 heteroatoms. The molecule has 0 saturated carbocycles. The Morgan fingerprint density at radius 3 is 3.11 bits per heavy atom. The SMILES string of the molecule is CC(c1cscn1)N1CCc2cccc(N)c2C1. The summed E-state index contributed by atoms with van der Waals surface area (Å²) in [4.78, 5) is 6.87. The van der Waals surface area contributed by atoms with Crippen molar-refractivity contribution in [2.24, 2.45) is 0 Å². The maximum atomic E-state index is 6.08. The fourth-order valence-electron chi connectivity index (χ4n) is 2.57. The molecule has 0 saturated heterocycles. The van der Waals surface area contributed by atoms with E-state index in [0.717, 1.165) is 30.9 Å². The summed E-state index contributed by atoms with van der Waals surface area (Å²) in [5, 5.41) is 2.13. The van der Waals surface area contributed by atoms with Crippen LogP contribution in [0.15, 0.2) is 29.1 Å². The molecule has 0 fully saturated rings. The van der Waals surface area contributed by atoms with Gasteiger partial charge in [0.05, 0.1) is 17.2 Å². The lowest BCUT2D eigenvalue weighted by atomic mass is 9.97. The van der Waals surface area contributed by atoms with E-state index in [0.29, 0.717) is 6.04 Å². The highest BCUT2D eigenvalue weighted by Gasteiger charge is 2.23. The van der Waals surface area contributed by atoms with Gasteiger partial charge in [0.2, 0.25) is 0 Å². The van der Waals surface area contributed by atoms with Crippen LogP contribution in [0.3, 0.4) is 0 Å². The third-order valence-corrected chi connectivity index (χ3v) is 4.37. The van der Waals surface area contributed by atoms with Gasteiger partial charge in [-0.1, -0.05) is 12.1 Å². The average Bonchev–Trinajstić information content (AvgIpc) is 2.92. The number of thiazole rings is 1. The highest BCUT2D eigenvalue weighted by Crippen LogP contribution is 2.29. The third-order valence-electron chi connectivity index (χ3n) is 3.77. The van der Waals surface area contributed by atoms with Gasteiger partial charge in [-0.2, -0.15) is 0 Å². The fourth-order valence-corrected chi connectivity index (χ4v) is 3.21. The molecule has 0 aliphatic carbocycles. The topological polar surface area (TPSA) is 42.2 Å². The number of nitrogens with two attached hydrogens (primary N) is 1. The number of fused-ring (bicyclic) bond motifs is 1. The van der Waals surface area contributed by atoms with Crippen LogP contribution in [0, 0.1) is 0 Å². The zero-order chi connectivity index (χ0) is 12.5. The summed E-state index contributed by atoms with van der Waals surface area (Å²) < 4.78 is 0. The lowest BCUT2D eigenvalue weighted by Gasteiger charge is -2.33. The summed E-state index contributed by atoms with van der Waals surface area (Å²) in [5.74, 6) is 0. The molecule has 0 bridgehead atoms. The van der Waals surface area contributed by atoms with Crippen LogP contribution >= 0.6 is 11.3 Å². The van der Waals surface area contributed by atoms with Crippen molar-refractivity contribution in [1.82, 2.24) is 9.88 Å². The Balaban J connectivity index is 1.84. The van der Waals surface area contributed by atoms with Crippen molar-refractivity contribution in [3.8, 4) is 0 Å². The summed E-state index contributed by atoms with van der Waals surface area (Å²) in [7, 11) is 0. The van der Waals surface area contributed by atoms with E-state index in [-0.39, 0.29) is 0 Å². The van der Waals surface area contributed by atoms with Crippen LogP contribution in [0.5, 0.6) is 0 Å². The van der Waals surface area contributed by atoms with E-state index >= 15 is 0 Å². The smallest absolute Gasteiger partial charge is 0.0795 e. The number of aromatic nitrogens is 1. The van der Waals surface area contributed by atoms with E-state index < -0.39 is 0 Å². The van der Waals surface area contributed by atoms with Gasteiger partial charge in [0.15, 0.2) is 0 Å². The molecule has 2 N–H and O–H groups in total. The van der Waals surface area contributed by atoms with Gasteiger partial charge in [-0.05, 0) is 30.5 Å². The van der Waals surface area contributed by atoms with Crippen molar-refractivity contribution in [1.29, 1.82) is 0 Å². The summed E-state index contributed by atoms with van der Waals surface area (Å²) in [6.07, 6.45) is 1.08. The molecule has 1 aromatic carbocycles. The Labute approximate surface area is 111 Å².